The fourth-order valence-corrected chi connectivity index (χ4v) is 1.37. The van der Waals surface area contributed by atoms with Crippen LogP contribution >= 0.6 is 46.4 Å². The van der Waals surface area contributed by atoms with Crippen LogP contribution in [0.25, 0.3) is 0 Å². The van der Waals surface area contributed by atoms with E-state index in [0.29, 0.717) is 0 Å². The van der Waals surface area contributed by atoms with Crippen molar-refractivity contribution in [2.75, 3.05) is 0 Å². The Morgan fingerprint density at radius 3 is 1.77 bits per heavy atom. The zero-order valence-electron chi connectivity index (χ0n) is 6.90. The number of halogens is 4. The van der Waals surface area contributed by atoms with Gasteiger partial charge in [-0.25, -0.2) is 0 Å². The molecule has 0 aliphatic heterocycles. The molecule has 13 heavy (non-hydrogen) atoms. The SMILES string of the molecule is CC(Cl)(c1ccccc1)C(Cl)(Cl)Cl. The predicted octanol–water partition coefficient (Wildman–Crippen LogP) is 4.51. The molecule has 1 atom stereocenters. The van der Waals surface area contributed by atoms with E-state index in [0.717, 1.165) is 5.56 Å². The van der Waals surface area contributed by atoms with E-state index in [1.165, 1.54) is 0 Å². The highest BCUT2D eigenvalue weighted by Gasteiger charge is 2.44. The maximum absolute atomic E-state index is 6.14. The molecule has 0 radical (unpaired) electrons. The Balaban J connectivity index is 3.08. The third-order valence-electron chi connectivity index (χ3n) is 1.85. The Kier molecular flexibility index (Phi) is 3.40. The molecule has 72 valence electrons. The first-order valence-corrected chi connectivity index (χ1v) is 5.18. The Labute approximate surface area is 97.7 Å². The van der Waals surface area contributed by atoms with Gasteiger partial charge in [-0.05, 0) is 12.5 Å². The maximum Gasteiger partial charge on any atom is 0.213 e. The van der Waals surface area contributed by atoms with Gasteiger partial charge in [-0.1, -0.05) is 65.1 Å². The smallest absolute Gasteiger partial charge is 0.110 e. The van der Waals surface area contributed by atoms with Crippen molar-refractivity contribution < 1.29 is 0 Å². The molecule has 0 heterocycles. The van der Waals surface area contributed by atoms with E-state index in [1.54, 1.807) is 6.92 Å². The maximum atomic E-state index is 6.14. The first kappa shape index (κ1) is 11.5. The average molecular weight is 258 g/mol. The van der Waals surface area contributed by atoms with Crippen LogP contribution in [0.2, 0.25) is 0 Å². The molecular weight excluding hydrogens is 250 g/mol. The molecule has 1 aromatic carbocycles. The molecule has 0 aromatic heterocycles. The van der Waals surface area contributed by atoms with Crippen LogP contribution in [0.1, 0.15) is 12.5 Å². The van der Waals surface area contributed by atoms with Crippen LogP contribution in [0.5, 0.6) is 0 Å². The van der Waals surface area contributed by atoms with E-state index >= 15 is 0 Å². The molecule has 0 spiro atoms. The molecule has 0 amide bonds. The molecule has 0 N–H and O–H groups in total. The van der Waals surface area contributed by atoms with Crippen molar-refractivity contribution in [2.45, 2.75) is 15.6 Å². The number of rotatable bonds is 1. The van der Waals surface area contributed by atoms with E-state index in [-0.39, 0.29) is 0 Å². The van der Waals surface area contributed by atoms with E-state index in [2.05, 4.69) is 0 Å². The lowest BCUT2D eigenvalue weighted by Crippen LogP contribution is -2.30. The summed E-state index contributed by atoms with van der Waals surface area (Å²) in [6.07, 6.45) is 0. The molecule has 1 rings (SSSR count). The standard InChI is InChI=1S/C9H8Cl4/c1-8(10,9(11,12)13)7-5-3-2-4-6-7/h2-6H,1H3. The van der Waals surface area contributed by atoms with Crippen LogP contribution in [0.4, 0.5) is 0 Å². The van der Waals surface area contributed by atoms with Crippen LogP contribution < -0.4 is 0 Å². The summed E-state index contributed by atoms with van der Waals surface area (Å²) < 4.78 is -1.52. The van der Waals surface area contributed by atoms with Crippen molar-refractivity contribution in [1.82, 2.24) is 0 Å². The molecule has 0 fully saturated rings. The Morgan fingerprint density at radius 2 is 1.38 bits per heavy atom. The average Bonchev–Trinajstić information content (AvgIpc) is 2.04. The monoisotopic (exact) mass is 256 g/mol. The van der Waals surface area contributed by atoms with Crippen LogP contribution in [0, 0.1) is 0 Å². The topological polar surface area (TPSA) is 0 Å². The highest BCUT2D eigenvalue weighted by Crippen LogP contribution is 2.49. The lowest BCUT2D eigenvalue weighted by molar-refractivity contribution is 0.697. The molecule has 4 heteroatoms. The van der Waals surface area contributed by atoms with Gasteiger partial charge in [-0.3, -0.25) is 0 Å². The van der Waals surface area contributed by atoms with Crippen molar-refractivity contribution >= 4 is 46.4 Å². The largest absolute Gasteiger partial charge is 0.213 e. The van der Waals surface area contributed by atoms with Gasteiger partial charge in [-0.2, -0.15) is 0 Å². The number of alkyl halides is 4. The Hall–Kier alpha value is 0.380. The lowest BCUT2D eigenvalue weighted by Gasteiger charge is -2.30. The van der Waals surface area contributed by atoms with Crippen molar-refractivity contribution in [3.8, 4) is 0 Å². The summed E-state index contributed by atoms with van der Waals surface area (Å²) in [5.41, 5.74) is 0.789. The van der Waals surface area contributed by atoms with Gasteiger partial charge in [0.05, 0.1) is 0 Å². The van der Waals surface area contributed by atoms with Crippen molar-refractivity contribution in [3.63, 3.8) is 0 Å². The van der Waals surface area contributed by atoms with Gasteiger partial charge >= 0.3 is 0 Å². The van der Waals surface area contributed by atoms with E-state index in [4.69, 9.17) is 46.4 Å². The zero-order valence-corrected chi connectivity index (χ0v) is 9.92. The highest BCUT2D eigenvalue weighted by atomic mass is 35.6. The van der Waals surface area contributed by atoms with Gasteiger partial charge < -0.3 is 0 Å². The second-order valence-electron chi connectivity index (χ2n) is 2.87. The quantitative estimate of drug-likeness (QED) is 0.650. The summed E-state index contributed by atoms with van der Waals surface area (Å²) in [6.45, 7) is 1.68. The number of benzene rings is 1. The first-order valence-electron chi connectivity index (χ1n) is 3.67. The predicted molar refractivity (Wildman–Crippen MR) is 59.9 cm³/mol. The number of hydrogen-bond donors (Lipinski definition) is 0. The van der Waals surface area contributed by atoms with Gasteiger partial charge in [0, 0.05) is 0 Å². The van der Waals surface area contributed by atoms with Crippen LogP contribution in [-0.4, -0.2) is 3.79 Å². The van der Waals surface area contributed by atoms with Crippen LogP contribution in [-0.2, 0) is 4.87 Å². The normalized spacial score (nSPS) is 16.7. The fraction of sp³-hybridized carbons (Fsp3) is 0.333. The van der Waals surface area contributed by atoms with E-state index in [9.17, 15) is 0 Å². The van der Waals surface area contributed by atoms with Gasteiger partial charge in [0.15, 0.2) is 0 Å². The van der Waals surface area contributed by atoms with Gasteiger partial charge in [0.2, 0.25) is 3.79 Å². The molecule has 0 saturated heterocycles. The number of hydrogen-bond acceptors (Lipinski definition) is 0. The van der Waals surface area contributed by atoms with E-state index in [1.807, 2.05) is 30.3 Å². The minimum atomic E-state index is -1.52. The third-order valence-corrected chi connectivity index (χ3v) is 3.77. The van der Waals surface area contributed by atoms with Gasteiger partial charge in [0.25, 0.3) is 0 Å². The minimum Gasteiger partial charge on any atom is -0.110 e. The molecule has 1 aromatic rings. The summed E-state index contributed by atoms with van der Waals surface area (Å²) in [7, 11) is 0. The van der Waals surface area contributed by atoms with Crippen LogP contribution in [0.3, 0.4) is 0 Å². The molecule has 0 bridgehead atoms. The summed E-state index contributed by atoms with van der Waals surface area (Å²) in [5, 5.41) is 0. The molecule has 0 aliphatic rings. The summed E-state index contributed by atoms with van der Waals surface area (Å²) >= 11 is 23.4. The summed E-state index contributed by atoms with van der Waals surface area (Å²) in [4.78, 5) is -1.00. The van der Waals surface area contributed by atoms with Crippen molar-refractivity contribution in [2.24, 2.45) is 0 Å². The molecular formula is C9H8Cl4. The van der Waals surface area contributed by atoms with Gasteiger partial charge in [-0.15, -0.1) is 11.6 Å². The molecule has 0 nitrogen and oxygen atoms in total. The fourth-order valence-electron chi connectivity index (χ4n) is 0.915. The van der Waals surface area contributed by atoms with Gasteiger partial charge in [0.1, 0.15) is 4.87 Å². The molecule has 0 aliphatic carbocycles. The lowest BCUT2D eigenvalue weighted by atomic mass is 10.0. The van der Waals surface area contributed by atoms with Crippen LogP contribution in [0.15, 0.2) is 30.3 Å². The first-order chi connectivity index (χ1) is 5.86. The summed E-state index contributed by atoms with van der Waals surface area (Å²) in [5.74, 6) is 0. The van der Waals surface area contributed by atoms with Crippen molar-refractivity contribution in [1.29, 1.82) is 0 Å². The van der Waals surface area contributed by atoms with E-state index < -0.39 is 8.67 Å². The van der Waals surface area contributed by atoms with Crippen molar-refractivity contribution in [3.05, 3.63) is 35.9 Å². The highest BCUT2D eigenvalue weighted by molar-refractivity contribution is 6.70. The third kappa shape index (κ3) is 2.44. The second-order valence-corrected chi connectivity index (χ2v) is 5.90. The Bertz CT molecular complexity index is 273. The Morgan fingerprint density at radius 1 is 0.923 bits per heavy atom. The molecule has 1 unspecified atom stereocenters. The second kappa shape index (κ2) is 3.86. The summed E-state index contributed by atoms with van der Waals surface area (Å²) in [6, 6.07) is 9.25. The molecule has 0 saturated carbocycles. The minimum absolute atomic E-state index is 0.789. The zero-order chi connectivity index (χ0) is 10.1.